The van der Waals surface area contributed by atoms with Gasteiger partial charge in [-0.1, -0.05) is 17.7 Å². The fraction of sp³-hybridized carbons (Fsp3) is 0.333. The van der Waals surface area contributed by atoms with Crippen molar-refractivity contribution in [2.75, 3.05) is 6.54 Å². The number of nitrogens with one attached hydrogen (secondary N) is 2. The van der Waals surface area contributed by atoms with Crippen LogP contribution < -0.4 is 5.32 Å². The minimum Gasteiger partial charge on any atom is -0.313 e. The van der Waals surface area contributed by atoms with Gasteiger partial charge in [-0.25, -0.2) is 9.37 Å². The van der Waals surface area contributed by atoms with Gasteiger partial charge in [0.2, 0.25) is 0 Å². The highest BCUT2D eigenvalue weighted by molar-refractivity contribution is 6.31. The van der Waals surface area contributed by atoms with Crippen molar-refractivity contribution in [1.82, 2.24) is 20.5 Å². The molecule has 0 aliphatic rings. The SMILES string of the molecule is Fc1ccc(CNCCCc2ncn[nH]2)c(Cl)c1. The molecule has 2 aromatic rings. The van der Waals surface area contributed by atoms with Crippen LogP contribution in [-0.4, -0.2) is 21.7 Å². The van der Waals surface area contributed by atoms with Crippen molar-refractivity contribution in [3.05, 3.63) is 46.8 Å². The summed E-state index contributed by atoms with van der Waals surface area (Å²) in [6.45, 7) is 1.48. The van der Waals surface area contributed by atoms with Gasteiger partial charge in [-0.05, 0) is 30.7 Å². The molecule has 0 bridgehead atoms. The van der Waals surface area contributed by atoms with Crippen LogP contribution in [-0.2, 0) is 13.0 Å². The molecule has 0 aliphatic carbocycles. The summed E-state index contributed by atoms with van der Waals surface area (Å²) in [5, 5.41) is 10.3. The van der Waals surface area contributed by atoms with Gasteiger partial charge in [0.15, 0.2) is 0 Å². The van der Waals surface area contributed by atoms with Crippen molar-refractivity contribution in [2.24, 2.45) is 0 Å². The molecule has 1 heterocycles. The number of halogens is 2. The number of aryl methyl sites for hydroxylation is 1. The minimum atomic E-state index is -0.311. The maximum absolute atomic E-state index is 12.8. The molecular formula is C12H14ClFN4. The summed E-state index contributed by atoms with van der Waals surface area (Å²) in [6.07, 6.45) is 3.30. The Bertz CT molecular complexity index is 487. The molecule has 0 amide bonds. The number of aromatic amines is 1. The lowest BCUT2D eigenvalue weighted by Gasteiger charge is -2.06. The summed E-state index contributed by atoms with van der Waals surface area (Å²) in [5.41, 5.74) is 0.901. The summed E-state index contributed by atoms with van der Waals surface area (Å²) in [6, 6.07) is 4.44. The van der Waals surface area contributed by atoms with Crippen LogP contribution in [0.3, 0.4) is 0 Å². The Morgan fingerprint density at radius 2 is 2.28 bits per heavy atom. The number of benzene rings is 1. The number of hydrogen-bond acceptors (Lipinski definition) is 3. The third kappa shape index (κ3) is 3.78. The summed E-state index contributed by atoms with van der Waals surface area (Å²) < 4.78 is 12.8. The van der Waals surface area contributed by atoms with E-state index in [9.17, 15) is 4.39 Å². The lowest BCUT2D eigenvalue weighted by Crippen LogP contribution is -2.15. The molecule has 0 radical (unpaired) electrons. The number of hydrogen-bond donors (Lipinski definition) is 2. The van der Waals surface area contributed by atoms with Crippen molar-refractivity contribution in [3.8, 4) is 0 Å². The van der Waals surface area contributed by atoms with Gasteiger partial charge in [0.05, 0.1) is 0 Å². The molecule has 4 nitrogen and oxygen atoms in total. The van der Waals surface area contributed by atoms with Crippen LogP contribution in [0.1, 0.15) is 17.8 Å². The monoisotopic (exact) mass is 268 g/mol. The molecule has 0 saturated carbocycles. The quantitative estimate of drug-likeness (QED) is 0.791. The first-order valence-electron chi connectivity index (χ1n) is 5.74. The molecule has 18 heavy (non-hydrogen) atoms. The van der Waals surface area contributed by atoms with E-state index in [1.165, 1.54) is 18.5 Å². The van der Waals surface area contributed by atoms with Gasteiger partial charge >= 0.3 is 0 Å². The Kier molecular flexibility index (Phi) is 4.66. The van der Waals surface area contributed by atoms with E-state index in [-0.39, 0.29) is 5.82 Å². The second kappa shape index (κ2) is 6.47. The first kappa shape index (κ1) is 13.0. The van der Waals surface area contributed by atoms with E-state index in [1.54, 1.807) is 6.07 Å². The molecule has 6 heteroatoms. The summed E-state index contributed by atoms with van der Waals surface area (Å²) in [4.78, 5) is 4.04. The molecule has 0 spiro atoms. The highest BCUT2D eigenvalue weighted by Crippen LogP contribution is 2.16. The van der Waals surface area contributed by atoms with Crippen molar-refractivity contribution >= 4 is 11.6 Å². The first-order valence-corrected chi connectivity index (χ1v) is 6.12. The fourth-order valence-electron chi connectivity index (χ4n) is 1.62. The van der Waals surface area contributed by atoms with E-state index in [0.717, 1.165) is 30.8 Å². The molecule has 0 aliphatic heterocycles. The number of aromatic nitrogens is 3. The lowest BCUT2D eigenvalue weighted by molar-refractivity contribution is 0.621. The fourth-order valence-corrected chi connectivity index (χ4v) is 1.85. The average Bonchev–Trinajstić information content (AvgIpc) is 2.84. The minimum absolute atomic E-state index is 0.311. The van der Waals surface area contributed by atoms with Crippen LogP contribution in [0.15, 0.2) is 24.5 Å². The maximum atomic E-state index is 12.8. The molecule has 1 aromatic carbocycles. The zero-order chi connectivity index (χ0) is 12.8. The van der Waals surface area contributed by atoms with Crippen molar-refractivity contribution in [3.63, 3.8) is 0 Å². The van der Waals surface area contributed by atoms with Gasteiger partial charge in [-0.2, -0.15) is 5.10 Å². The molecule has 0 atom stereocenters. The van der Waals surface area contributed by atoms with Crippen LogP contribution in [0.25, 0.3) is 0 Å². The van der Waals surface area contributed by atoms with Crippen LogP contribution >= 0.6 is 11.6 Å². The van der Waals surface area contributed by atoms with Crippen molar-refractivity contribution in [1.29, 1.82) is 0 Å². The van der Waals surface area contributed by atoms with E-state index in [1.807, 2.05) is 0 Å². The summed E-state index contributed by atoms with van der Waals surface area (Å²) >= 11 is 5.92. The van der Waals surface area contributed by atoms with Gasteiger partial charge in [-0.3, -0.25) is 5.10 Å². The highest BCUT2D eigenvalue weighted by atomic mass is 35.5. The topological polar surface area (TPSA) is 53.6 Å². The van der Waals surface area contributed by atoms with Crippen LogP contribution in [0.2, 0.25) is 5.02 Å². The third-order valence-electron chi connectivity index (χ3n) is 2.56. The van der Waals surface area contributed by atoms with Gasteiger partial charge in [0.1, 0.15) is 18.0 Å². The Morgan fingerprint density at radius 1 is 1.39 bits per heavy atom. The van der Waals surface area contributed by atoms with E-state index in [4.69, 9.17) is 11.6 Å². The Hall–Kier alpha value is -1.46. The number of rotatable bonds is 6. The molecule has 2 rings (SSSR count). The number of nitrogens with zero attached hydrogens (tertiary/aromatic N) is 2. The Morgan fingerprint density at radius 3 is 3.00 bits per heavy atom. The summed E-state index contributed by atoms with van der Waals surface area (Å²) in [7, 11) is 0. The van der Waals surface area contributed by atoms with Crippen LogP contribution in [0.4, 0.5) is 4.39 Å². The third-order valence-corrected chi connectivity index (χ3v) is 2.91. The van der Waals surface area contributed by atoms with E-state index < -0.39 is 0 Å². The maximum Gasteiger partial charge on any atom is 0.137 e. The predicted octanol–water partition coefficient (Wildman–Crippen LogP) is 2.32. The van der Waals surface area contributed by atoms with Crippen LogP contribution in [0.5, 0.6) is 0 Å². The van der Waals surface area contributed by atoms with E-state index >= 15 is 0 Å². The standard InChI is InChI=1S/C12H14ClFN4/c13-11-6-10(14)4-3-9(11)7-15-5-1-2-12-16-8-17-18-12/h3-4,6,8,15H,1-2,5,7H2,(H,16,17,18). The molecule has 1 aromatic heterocycles. The molecule has 0 fully saturated rings. The molecule has 96 valence electrons. The van der Waals surface area contributed by atoms with Gasteiger partial charge in [0, 0.05) is 18.0 Å². The average molecular weight is 269 g/mol. The molecule has 0 unspecified atom stereocenters. The first-order chi connectivity index (χ1) is 8.75. The van der Waals surface area contributed by atoms with E-state index in [2.05, 4.69) is 20.5 Å². The zero-order valence-electron chi connectivity index (χ0n) is 9.79. The lowest BCUT2D eigenvalue weighted by atomic mass is 10.2. The zero-order valence-corrected chi connectivity index (χ0v) is 10.5. The van der Waals surface area contributed by atoms with Crippen LogP contribution in [0, 0.1) is 5.82 Å². The van der Waals surface area contributed by atoms with Gasteiger partial charge in [-0.15, -0.1) is 0 Å². The smallest absolute Gasteiger partial charge is 0.137 e. The highest BCUT2D eigenvalue weighted by Gasteiger charge is 2.01. The normalized spacial score (nSPS) is 10.8. The Labute approximate surface area is 110 Å². The second-order valence-corrected chi connectivity index (χ2v) is 4.36. The van der Waals surface area contributed by atoms with E-state index in [0.29, 0.717) is 11.6 Å². The Balaban J connectivity index is 1.69. The van der Waals surface area contributed by atoms with Gasteiger partial charge in [0.25, 0.3) is 0 Å². The predicted molar refractivity (Wildman–Crippen MR) is 67.8 cm³/mol. The number of H-pyrrole nitrogens is 1. The molecule has 0 saturated heterocycles. The second-order valence-electron chi connectivity index (χ2n) is 3.95. The molecule has 2 N–H and O–H groups in total. The van der Waals surface area contributed by atoms with Crippen molar-refractivity contribution < 1.29 is 4.39 Å². The summed E-state index contributed by atoms with van der Waals surface area (Å²) in [5.74, 6) is 0.575. The largest absolute Gasteiger partial charge is 0.313 e. The van der Waals surface area contributed by atoms with Gasteiger partial charge < -0.3 is 5.32 Å². The van der Waals surface area contributed by atoms with Crippen molar-refractivity contribution in [2.45, 2.75) is 19.4 Å². The molecular weight excluding hydrogens is 255 g/mol.